The van der Waals surface area contributed by atoms with Gasteiger partial charge >= 0.3 is 38.3 Å². The SMILES string of the molecule is O=S(=O)(O)c1ccc(-c2c3nc(c(-c4ccccc4)c4ccc([n-]4)c(-c4ccccc4)c4nc(c(-c5ccc(S(=O)(=O)O)cc5)c5ccc2[n-]5)C=C4)C=C3)cc1.O=S(=O)=O.O=S(=O)=O.[Cu+2]. The Morgan fingerprint density at radius 2 is 0.600 bits per heavy atom. The summed E-state index contributed by atoms with van der Waals surface area (Å²) in [5.74, 6) is 0. The van der Waals surface area contributed by atoms with Crippen molar-refractivity contribution in [2.75, 3.05) is 0 Å². The van der Waals surface area contributed by atoms with Crippen LogP contribution in [0.2, 0.25) is 0 Å². The molecule has 7 aromatic rings. The van der Waals surface area contributed by atoms with Crippen LogP contribution in [0, 0.1) is 0 Å². The molecule has 4 aromatic carbocycles. The molecule has 16 nitrogen and oxygen atoms in total. The van der Waals surface area contributed by atoms with Crippen molar-refractivity contribution in [3.8, 4) is 44.5 Å². The Balaban J connectivity index is 0.000000721. The van der Waals surface area contributed by atoms with E-state index < -0.39 is 41.5 Å². The van der Waals surface area contributed by atoms with Gasteiger partial charge < -0.3 is 9.97 Å². The van der Waals surface area contributed by atoms with Crippen LogP contribution in [0.15, 0.2) is 143 Å². The van der Waals surface area contributed by atoms with Gasteiger partial charge in [0.1, 0.15) is 0 Å². The molecule has 2 aliphatic rings. The van der Waals surface area contributed by atoms with Crippen LogP contribution in [0.3, 0.4) is 0 Å². The molecule has 0 saturated heterocycles. The molecule has 0 unspecified atom stereocenters. The van der Waals surface area contributed by atoms with Crippen molar-refractivity contribution in [3.63, 3.8) is 0 Å². The van der Waals surface area contributed by atoms with Crippen LogP contribution in [0.4, 0.5) is 0 Å². The molecule has 0 atom stereocenters. The fraction of sp³-hybridized carbons (Fsp3) is 0. The normalized spacial score (nSPS) is 11.6. The Labute approximate surface area is 384 Å². The molecular weight excluding hydrogens is 968 g/mol. The molecule has 8 bridgehead atoms. The van der Waals surface area contributed by atoms with E-state index in [0.717, 1.165) is 22.3 Å². The third-order valence-corrected chi connectivity index (χ3v) is 11.4. The first kappa shape index (κ1) is 47.5. The summed E-state index contributed by atoms with van der Waals surface area (Å²) in [7, 11) is -15.1. The summed E-state index contributed by atoms with van der Waals surface area (Å²) >= 11 is 0. The van der Waals surface area contributed by atoms with Crippen molar-refractivity contribution in [1.29, 1.82) is 0 Å². The molecule has 2 aliphatic heterocycles. The van der Waals surface area contributed by atoms with Crippen LogP contribution < -0.4 is 9.97 Å². The average Bonchev–Trinajstić information content (AvgIpc) is 4.09. The monoisotopic (exact) mass is 995 g/mol. The van der Waals surface area contributed by atoms with E-state index in [0.29, 0.717) is 67.1 Å². The third kappa shape index (κ3) is 11.1. The van der Waals surface area contributed by atoms with Gasteiger partial charge in [0.15, 0.2) is 0 Å². The second kappa shape index (κ2) is 19.8. The number of hydrogen-bond acceptors (Lipinski definition) is 12. The smallest absolute Gasteiger partial charge is 0.657 e. The number of rotatable bonds is 6. The molecule has 9 rings (SSSR count). The number of fused-ring (bicyclic) bond motifs is 8. The minimum absolute atomic E-state index is 0. The maximum Gasteiger partial charge on any atom is 2.00 e. The summed E-state index contributed by atoms with van der Waals surface area (Å²) < 4.78 is 118. The van der Waals surface area contributed by atoms with E-state index in [1.807, 2.05) is 109 Å². The van der Waals surface area contributed by atoms with E-state index in [1.54, 1.807) is 24.3 Å². The van der Waals surface area contributed by atoms with Gasteiger partial charge in [0.2, 0.25) is 0 Å². The van der Waals surface area contributed by atoms with Crippen LogP contribution in [0.5, 0.6) is 0 Å². The van der Waals surface area contributed by atoms with E-state index in [9.17, 15) is 25.9 Å². The van der Waals surface area contributed by atoms with Gasteiger partial charge in [0, 0.05) is 0 Å². The van der Waals surface area contributed by atoms with Crippen LogP contribution in [-0.4, -0.2) is 61.2 Å². The Morgan fingerprint density at radius 3 is 0.831 bits per heavy atom. The van der Waals surface area contributed by atoms with Crippen molar-refractivity contribution in [1.82, 2.24) is 19.9 Å². The molecule has 0 amide bonds. The van der Waals surface area contributed by atoms with Gasteiger partial charge in [-0.15, -0.1) is 47.3 Å². The maximum absolute atomic E-state index is 12.0. The summed E-state index contributed by atoms with van der Waals surface area (Å²) in [5, 5.41) is 0. The molecule has 0 aliphatic carbocycles. The minimum atomic E-state index is -4.45. The van der Waals surface area contributed by atoms with Gasteiger partial charge in [-0.2, -0.15) is 16.8 Å². The van der Waals surface area contributed by atoms with Gasteiger partial charge in [-0.05, 0) is 93.1 Å². The molecule has 0 spiro atoms. The van der Waals surface area contributed by atoms with Crippen molar-refractivity contribution in [3.05, 3.63) is 156 Å². The topological polar surface area (TPSA) is 265 Å². The van der Waals surface area contributed by atoms with Gasteiger partial charge in [-0.3, -0.25) is 9.11 Å². The summed E-state index contributed by atoms with van der Waals surface area (Å²) in [6.45, 7) is 0. The van der Waals surface area contributed by atoms with Crippen molar-refractivity contribution >= 4 is 87.8 Å². The zero-order chi connectivity index (χ0) is 45.8. The van der Waals surface area contributed by atoms with Gasteiger partial charge in [-0.25, -0.2) is 9.97 Å². The van der Waals surface area contributed by atoms with Gasteiger partial charge in [-0.1, -0.05) is 109 Å². The predicted molar refractivity (Wildman–Crippen MR) is 238 cm³/mol. The molecule has 3 aromatic heterocycles. The number of hydrogen-bond donors (Lipinski definition) is 2. The van der Waals surface area contributed by atoms with E-state index in [-0.39, 0.29) is 26.9 Å². The molecule has 65 heavy (non-hydrogen) atoms. The molecule has 0 fully saturated rings. The van der Waals surface area contributed by atoms with Gasteiger partial charge in [0.05, 0.1) is 32.6 Å². The van der Waals surface area contributed by atoms with Crippen LogP contribution in [-0.2, 0) is 58.5 Å². The molecule has 331 valence electrons. The zero-order valence-electron chi connectivity index (χ0n) is 32.7. The molecule has 5 heterocycles. The summed E-state index contributed by atoms with van der Waals surface area (Å²) in [5.41, 5.74) is 10.7. The molecule has 2 N–H and O–H groups in total. The largest absolute Gasteiger partial charge is 2.00 e. The number of benzene rings is 4. The molecule has 1 radical (unpaired) electrons. The Bertz CT molecular complexity index is 3410. The van der Waals surface area contributed by atoms with Crippen LogP contribution >= 0.6 is 0 Å². The van der Waals surface area contributed by atoms with Crippen molar-refractivity contribution in [2.45, 2.75) is 9.79 Å². The van der Waals surface area contributed by atoms with Crippen LogP contribution in [0.1, 0.15) is 22.8 Å². The molecule has 0 saturated carbocycles. The Hall–Kier alpha value is -6.94. The summed E-state index contributed by atoms with van der Waals surface area (Å²) in [6.07, 6.45) is 7.60. The Morgan fingerprint density at radius 1 is 0.369 bits per heavy atom. The first-order valence-corrected chi connectivity index (χ1v) is 23.2. The maximum atomic E-state index is 12.0. The third-order valence-electron chi connectivity index (χ3n) is 9.62. The zero-order valence-corrected chi connectivity index (χ0v) is 36.9. The number of aromatic nitrogens is 4. The fourth-order valence-corrected chi connectivity index (χ4v) is 8.03. The van der Waals surface area contributed by atoms with E-state index in [1.165, 1.54) is 24.3 Å². The quantitative estimate of drug-likeness (QED) is 0.125. The second-order valence-electron chi connectivity index (χ2n) is 13.5. The molecular formula is C44H28CuN4O12S4. The number of nitrogens with zero attached hydrogens (tertiary/aromatic N) is 4. The Kier molecular flexibility index (Phi) is 14.5. The summed E-state index contributed by atoms with van der Waals surface area (Å²) in [6, 6.07) is 39.0. The van der Waals surface area contributed by atoms with Crippen molar-refractivity contribution < 1.29 is 68.3 Å². The van der Waals surface area contributed by atoms with Gasteiger partial charge in [0.25, 0.3) is 20.2 Å². The first-order valence-electron chi connectivity index (χ1n) is 18.3. The van der Waals surface area contributed by atoms with E-state index in [2.05, 4.69) is 0 Å². The fourth-order valence-electron chi connectivity index (χ4n) is 7.07. The van der Waals surface area contributed by atoms with E-state index >= 15 is 0 Å². The molecule has 21 heteroatoms. The minimum Gasteiger partial charge on any atom is -0.657 e. The average molecular weight is 997 g/mol. The van der Waals surface area contributed by atoms with Crippen LogP contribution in [0.25, 0.3) is 90.9 Å². The first-order chi connectivity index (χ1) is 30.5. The van der Waals surface area contributed by atoms with Crippen molar-refractivity contribution in [2.24, 2.45) is 0 Å². The summed E-state index contributed by atoms with van der Waals surface area (Å²) in [4.78, 5) is 20.1. The van der Waals surface area contributed by atoms with E-state index in [4.69, 9.17) is 45.2 Å². The predicted octanol–water partition coefficient (Wildman–Crippen LogP) is 7.06. The standard InChI is InChI=1S/C44H28N4O6S2.Cu.2O3S/c49-55(50,51)31-15-11-29(12-16-31)43-37-23-21-35(46-37)41(27-7-3-1-4-8-27)33-19-20-34(45-33)42(28-9-5-2-6-10-28)36-22-24-38(47-36)44(40-26-25-39(43)48-40)30-13-17-32(18-14-30)56(52,53)54;;2*1-4(2)3/h1-26H,(H,49,50,51)(H,52,53,54);;;/q-2;+2;;. The second-order valence-corrected chi connectivity index (χ2v) is 17.2.